The van der Waals surface area contributed by atoms with Crippen molar-refractivity contribution in [2.24, 2.45) is 4.99 Å². The van der Waals surface area contributed by atoms with Crippen molar-refractivity contribution in [3.8, 4) is 6.19 Å². The summed E-state index contributed by atoms with van der Waals surface area (Å²) in [5, 5.41) is 14.9. The summed E-state index contributed by atoms with van der Waals surface area (Å²) >= 11 is 0. The van der Waals surface area contributed by atoms with Gasteiger partial charge in [-0.2, -0.15) is 5.26 Å². The average Bonchev–Trinajstić information content (AvgIpc) is 2.60. The van der Waals surface area contributed by atoms with E-state index in [-0.39, 0.29) is 0 Å². The van der Waals surface area contributed by atoms with E-state index in [4.69, 9.17) is 10.7 Å². The maximum atomic E-state index is 7.43. The van der Waals surface area contributed by atoms with Crippen molar-refractivity contribution in [3.05, 3.63) is 5.41 Å². The maximum absolute atomic E-state index is 7.43. The second-order valence-electron chi connectivity index (χ2n) is 2.74. The molecule has 0 atom stereocenters. The van der Waals surface area contributed by atoms with Gasteiger partial charge in [0.2, 0.25) is 0 Å². The fraction of sp³-hybridized carbons (Fsp3) is 0.778. The van der Waals surface area contributed by atoms with E-state index in [0.29, 0.717) is 0 Å². The quantitative estimate of drug-likeness (QED) is 0.379. The molecule has 0 spiro atoms. The minimum atomic E-state index is 0.873. The van der Waals surface area contributed by atoms with Crippen LogP contribution in [0.3, 0.4) is 0 Å². The van der Waals surface area contributed by atoms with E-state index < -0.39 is 0 Å². The lowest BCUT2D eigenvalue weighted by molar-refractivity contribution is 0.949. The normalized spacial score (nSPS) is 15.1. The van der Waals surface area contributed by atoms with Crippen LogP contribution in [0.25, 0.3) is 5.41 Å². The third-order valence-electron chi connectivity index (χ3n) is 1.71. The Morgan fingerprint density at radius 3 is 2.38 bits per heavy atom. The Balaban J connectivity index is 0.000000252. The molecule has 0 radical (unpaired) electrons. The van der Waals surface area contributed by atoms with Gasteiger partial charge in [-0.15, -0.1) is 6.01 Å². The minimum Gasteiger partial charge on any atom is -0.422 e. The molecule has 0 aromatic rings. The van der Waals surface area contributed by atoms with Crippen LogP contribution < -0.4 is 0 Å². The molecule has 0 aliphatic carbocycles. The molecule has 13 heavy (non-hydrogen) atoms. The van der Waals surface area contributed by atoms with Crippen LogP contribution in [0.1, 0.15) is 26.2 Å². The average molecular weight is 197 g/mol. The second-order valence-corrected chi connectivity index (χ2v) is 5.19. The van der Waals surface area contributed by atoms with Crippen molar-refractivity contribution in [1.29, 1.82) is 5.26 Å². The third kappa shape index (κ3) is 7.58. The standard InChI is InChI=1S/C7H15S.C2N3/c1-2-5-8-6-3-4-7-8;3-1-5-2-4/h2-7H2,1H3;/q+1;-1. The minimum absolute atomic E-state index is 0.873. The molecule has 1 aliphatic heterocycles. The molecule has 0 bridgehead atoms. The summed E-state index contributed by atoms with van der Waals surface area (Å²) in [7, 11) is 0.873. The summed E-state index contributed by atoms with van der Waals surface area (Å²) in [6, 6.07) is 1.28. The summed E-state index contributed by atoms with van der Waals surface area (Å²) in [6.07, 6.45) is 5.72. The molecular formula is C9H15N3S. The topological polar surface area (TPSA) is 58.5 Å². The van der Waals surface area contributed by atoms with Gasteiger partial charge < -0.3 is 10.4 Å². The van der Waals surface area contributed by atoms with E-state index in [0.717, 1.165) is 10.9 Å². The highest BCUT2D eigenvalue weighted by Gasteiger charge is 2.21. The van der Waals surface area contributed by atoms with Crippen molar-refractivity contribution >= 4 is 16.9 Å². The molecule has 0 aromatic heterocycles. The second kappa shape index (κ2) is 9.31. The van der Waals surface area contributed by atoms with E-state index in [9.17, 15) is 0 Å². The van der Waals surface area contributed by atoms with Crippen LogP contribution in [0, 0.1) is 11.5 Å². The molecule has 0 aromatic carbocycles. The van der Waals surface area contributed by atoms with Gasteiger partial charge in [-0.05, 0) is 30.2 Å². The number of rotatable bonds is 2. The molecule has 1 aliphatic rings. The van der Waals surface area contributed by atoms with E-state index in [1.54, 1.807) is 11.5 Å². The number of aliphatic imine (C=N–C) groups is 1. The Labute approximate surface area is 82.7 Å². The van der Waals surface area contributed by atoms with Gasteiger partial charge in [0.05, 0.1) is 6.19 Å². The lowest BCUT2D eigenvalue weighted by atomic mass is 10.4. The van der Waals surface area contributed by atoms with E-state index >= 15 is 0 Å². The highest BCUT2D eigenvalue weighted by Crippen LogP contribution is 2.13. The SMILES string of the molecule is CCC[S+]1CCCC1.N#CN=C=[N-]. The van der Waals surface area contributed by atoms with Crippen LogP contribution in [0.5, 0.6) is 0 Å². The lowest BCUT2D eigenvalue weighted by Gasteiger charge is -1.94. The third-order valence-corrected chi connectivity index (χ3v) is 4.43. The highest BCUT2D eigenvalue weighted by atomic mass is 32.2. The molecule has 3 nitrogen and oxygen atoms in total. The fourth-order valence-electron chi connectivity index (χ4n) is 1.23. The zero-order valence-electron chi connectivity index (χ0n) is 7.99. The van der Waals surface area contributed by atoms with Crippen LogP contribution in [-0.2, 0) is 10.9 Å². The van der Waals surface area contributed by atoms with Gasteiger partial charge >= 0.3 is 0 Å². The Morgan fingerprint density at radius 2 is 2.08 bits per heavy atom. The summed E-state index contributed by atoms with van der Waals surface area (Å²) in [5.74, 6) is 4.61. The van der Waals surface area contributed by atoms with Gasteiger partial charge in [0.1, 0.15) is 17.3 Å². The van der Waals surface area contributed by atoms with E-state index in [2.05, 4.69) is 11.9 Å². The van der Waals surface area contributed by atoms with Gasteiger partial charge in [0.25, 0.3) is 0 Å². The van der Waals surface area contributed by atoms with Gasteiger partial charge in [0.15, 0.2) is 0 Å². The highest BCUT2D eigenvalue weighted by molar-refractivity contribution is 7.97. The van der Waals surface area contributed by atoms with Crippen molar-refractivity contribution in [1.82, 2.24) is 0 Å². The number of hydrogen-bond acceptors (Lipinski definition) is 2. The first-order chi connectivity index (χ1) is 6.35. The monoisotopic (exact) mass is 197 g/mol. The molecule has 0 amide bonds. The Morgan fingerprint density at radius 1 is 1.46 bits per heavy atom. The Kier molecular flexibility index (Phi) is 8.75. The summed E-state index contributed by atoms with van der Waals surface area (Å²) < 4.78 is 0. The molecule has 0 unspecified atom stereocenters. The first kappa shape index (κ1) is 12.2. The van der Waals surface area contributed by atoms with Gasteiger partial charge in [-0.25, -0.2) is 0 Å². The van der Waals surface area contributed by atoms with E-state index in [1.165, 1.54) is 37.2 Å². The molecule has 72 valence electrons. The van der Waals surface area contributed by atoms with Crippen LogP contribution in [0.4, 0.5) is 0 Å². The predicted molar refractivity (Wildman–Crippen MR) is 57.9 cm³/mol. The number of nitrogens with zero attached hydrogens (tertiary/aromatic N) is 3. The molecule has 1 heterocycles. The Bertz CT molecular complexity index is 197. The van der Waals surface area contributed by atoms with Gasteiger partial charge in [-0.1, -0.05) is 6.92 Å². The van der Waals surface area contributed by atoms with Crippen molar-refractivity contribution < 1.29 is 0 Å². The molecule has 4 heteroatoms. The van der Waals surface area contributed by atoms with Gasteiger partial charge in [-0.3, -0.25) is 0 Å². The van der Waals surface area contributed by atoms with Crippen LogP contribution >= 0.6 is 0 Å². The maximum Gasteiger partial charge on any atom is 0.108 e. The van der Waals surface area contributed by atoms with Crippen LogP contribution in [0.2, 0.25) is 0 Å². The molecule has 1 rings (SSSR count). The van der Waals surface area contributed by atoms with Crippen molar-refractivity contribution in [2.45, 2.75) is 26.2 Å². The molecular weight excluding hydrogens is 182 g/mol. The Hall–Kier alpha value is -0.780. The predicted octanol–water partition coefficient (Wildman–Crippen LogP) is 2.02. The van der Waals surface area contributed by atoms with Crippen molar-refractivity contribution in [2.75, 3.05) is 17.3 Å². The van der Waals surface area contributed by atoms with E-state index in [1.807, 2.05) is 0 Å². The fourth-order valence-corrected chi connectivity index (χ4v) is 3.64. The molecule has 0 saturated carbocycles. The first-order valence-corrected chi connectivity index (χ1v) is 6.20. The molecule has 1 fully saturated rings. The summed E-state index contributed by atoms with van der Waals surface area (Å²) in [6.45, 7) is 2.30. The van der Waals surface area contributed by atoms with Crippen LogP contribution in [0.15, 0.2) is 4.99 Å². The lowest BCUT2D eigenvalue weighted by Crippen LogP contribution is -2.06. The largest absolute Gasteiger partial charge is 0.422 e. The molecule has 1 saturated heterocycles. The first-order valence-electron chi connectivity index (χ1n) is 4.47. The smallest absolute Gasteiger partial charge is 0.108 e. The zero-order chi connectivity index (χ0) is 9.94. The molecule has 0 N–H and O–H groups in total. The van der Waals surface area contributed by atoms with Crippen LogP contribution in [-0.4, -0.2) is 23.3 Å². The summed E-state index contributed by atoms with van der Waals surface area (Å²) in [4.78, 5) is 2.58. The van der Waals surface area contributed by atoms with Crippen molar-refractivity contribution in [3.63, 3.8) is 0 Å². The zero-order valence-corrected chi connectivity index (χ0v) is 8.81. The number of hydrogen-bond donors (Lipinski definition) is 0. The number of nitriles is 1. The summed E-state index contributed by atoms with van der Waals surface area (Å²) in [5.41, 5.74) is 0. The van der Waals surface area contributed by atoms with Gasteiger partial charge in [0, 0.05) is 0 Å².